The molecule has 0 atom stereocenters. The van der Waals surface area contributed by atoms with Gasteiger partial charge in [0.15, 0.2) is 0 Å². The Hall–Kier alpha value is -0.280. The van der Waals surface area contributed by atoms with Crippen LogP contribution in [0.2, 0.25) is 0 Å². The van der Waals surface area contributed by atoms with Gasteiger partial charge < -0.3 is 11.1 Å². The zero-order valence-electron chi connectivity index (χ0n) is 9.92. The molecule has 0 saturated carbocycles. The van der Waals surface area contributed by atoms with E-state index in [1.54, 1.807) is 0 Å². The first kappa shape index (κ1) is 17.1. The van der Waals surface area contributed by atoms with Crippen LogP contribution in [0, 0.1) is 5.92 Å². The average Bonchev–Trinajstić information content (AvgIpc) is 2.15. The van der Waals surface area contributed by atoms with Crippen molar-refractivity contribution in [2.75, 3.05) is 13.1 Å². The van der Waals surface area contributed by atoms with E-state index in [1.165, 1.54) is 25.7 Å². The maximum absolute atomic E-state index is 10.8. The molecule has 0 aliphatic rings. The third-order valence-corrected chi connectivity index (χ3v) is 2.22. The van der Waals surface area contributed by atoms with Crippen LogP contribution in [0.15, 0.2) is 0 Å². The number of nitrogens with one attached hydrogen (secondary N) is 1. The Kier molecular flexibility index (Phi) is 13.5. The van der Waals surface area contributed by atoms with Gasteiger partial charge in [-0.05, 0) is 12.3 Å². The summed E-state index contributed by atoms with van der Waals surface area (Å²) in [5.41, 5.74) is 5.16. The van der Waals surface area contributed by atoms with Crippen molar-refractivity contribution in [3.63, 3.8) is 0 Å². The van der Waals surface area contributed by atoms with E-state index < -0.39 is 0 Å². The van der Waals surface area contributed by atoms with E-state index in [1.807, 2.05) is 0 Å². The molecule has 15 heavy (non-hydrogen) atoms. The SMILES string of the molecule is CC(C)CCCCCCNC(=O)CN.Cl. The lowest BCUT2D eigenvalue weighted by molar-refractivity contribution is -0.119. The third-order valence-electron chi connectivity index (χ3n) is 2.22. The molecular weight excluding hydrogens is 212 g/mol. The van der Waals surface area contributed by atoms with E-state index in [0.717, 1.165) is 18.9 Å². The van der Waals surface area contributed by atoms with Gasteiger partial charge in [0.25, 0.3) is 0 Å². The normalized spacial score (nSPS) is 9.87. The molecule has 3 nitrogen and oxygen atoms in total. The molecule has 0 rings (SSSR count). The molecule has 0 aromatic rings. The maximum atomic E-state index is 10.8. The molecular formula is C11H25ClN2O. The number of rotatable bonds is 8. The van der Waals surface area contributed by atoms with Crippen molar-refractivity contribution in [1.82, 2.24) is 5.32 Å². The monoisotopic (exact) mass is 236 g/mol. The molecule has 0 unspecified atom stereocenters. The van der Waals surface area contributed by atoms with Crippen molar-refractivity contribution in [3.05, 3.63) is 0 Å². The summed E-state index contributed by atoms with van der Waals surface area (Å²) >= 11 is 0. The van der Waals surface area contributed by atoms with Crippen molar-refractivity contribution in [3.8, 4) is 0 Å². The van der Waals surface area contributed by atoms with Crippen LogP contribution in [0.4, 0.5) is 0 Å². The third kappa shape index (κ3) is 13.7. The number of nitrogens with two attached hydrogens (primary N) is 1. The molecule has 0 spiro atoms. The second-order valence-electron chi connectivity index (χ2n) is 4.15. The number of carbonyl (C=O) groups excluding carboxylic acids is 1. The number of hydrogen-bond acceptors (Lipinski definition) is 2. The van der Waals surface area contributed by atoms with Crippen molar-refractivity contribution in [1.29, 1.82) is 0 Å². The van der Waals surface area contributed by atoms with Crippen LogP contribution in [0.1, 0.15) is 46.0 Å². The molecule has 0 saturated heterocycles. The number of unbranched alkanes of at least 4 members (excludes halogenated alkanes) is 3. The Bertz CT molecular complexity index is 152. The van der Waals surface area contributed by atoms with E-state index in [0.29, 0.717) is 0 Å². The van der Waals surface area contributed by atoms with Crippen LogP contribution >= 0.6 is 12.4 Å². The number of hydrogen-bond donors (Lipinski definition) is 2. The standard InChI is InChI=1S/C11H24N2O.ClH/c1-10(2)7-5-3-4-6-8-13-11(14)9-12;/h10H,3-9,12H2,1-2H3,(H,13,14);1H. The largest absolute Gasteiger partial charge is 0.355 e. The van der Waals surface area contributed by atoms with Gasteiger partial charge in [-0.25, -0.2) is 0 Å². The second-order valence-corrected chi connectivity index (χ2v) is 4.15. The zero-order valence-corrected chi connectivity index (χ0v) is 10.7. The number of carbonyl (C=O) groups is 1. The first-order valence-electron chi connectivity index (χ1n) is 5.63. The molecule has 0 aromatic heterocycles. The predicted molar refractivity (Wildman–Crippen MR) is 67.2 cm³/mol. The summed E-state index contributed by atoms with van der Waals surface area (Å²) in [5, 5.41) is 2.77. The molecule has 3 N–H and O–H groups in total. The first-order chi connectivity index (χ1) is 6.66. The van der Waals surface area contributed by atoms with Crippen molar-refractivity contribution < 1.29 is 4.79 Å². The molecule has 4 heteroatoms. The Morgan fingerprint density at radius 1 is 1.20 bits per heavy atom. The highest BCUT2D eigenvalue weighted by Crippen LogP contribution is 2.08. The Morgan fingerprint density at radius 2 is 1.80 bits per heavy atom. The summed E-state index contributed by atoms with van der Waals surface area (Å²) in [7, 11) is 0. The Balaban J connectivity index is 0. The molecule has 0 heterocycles. The predicted octanol–water partition coefficient (Wildman–Crippen LogP) is 2.09. The van der Waals surface area contributed by atoms with Crippen LogP contribution in [0.25, 0.3) is 0 Å². The van der Waals surface area contributed by atoms with Gasteiger partial charge >= 0.3 is 0 Å². The molecule has 1 amide bonds. The van der Waals surface area contributed by atoms with Gasteiger partial charge in [0, 0.05) is 6.54 Å². The smallest absolute Gasteiger partial charge is 0.233 e. The van der Waals surface area contributed by atoms with Gasteiger partial charge in [-0.15, -0.1) is 12.4 Å². The highest BCUT2D eigenvalue weighted by atomic mass is 35.5. The molecule has 0 aliphatic carbocycles. The summed E-state index contributed by atoms with van der Waals surface area (Å²) in [6.45, 7) is 5.38. The highest BCUT2D eigenvalue weighted by Gasteiger charge is 1.96. The fourth-order valence-electron chi connectivity index (χ4n) is 1.33. The lowest BCUT2D eigenvalue weighted by atomic mass is 10.0. The lowest BCUT2D eigenvalue weighted by Gasteiger charge is -2.05. The molecule has 0 radical (unpaired) electrons. The van der Waals surface area contributed by atoms with Crippen LogP contribution in [-0.2, 0) is 4.79 Å². The first-order valence-corrected chi connectivity index (χ1v) is 5.63. The Labute approximate surface area is 99.6 Å². The van der Waals surface area contributed by atoms with Gasteiger partial charge in [0.05, 0.1) is 6.54 Å². The minimum absolute atomic E-state index is 0. The van der Waals surface area contributed by atoms with E-state index >= 15 is 0 Å². The molecule has 0 fully saturated rings. The van der Waals surface area contributed by atoms with Gasteiger partial charge in [-0.3, -0.25) is 4.79 Å². The molecule has 0 bridgehead atoms. The fraction of sp³-hybridized carbons (Fsp3) is 0.909. The van der Waals surface area contributed by atoms with Crippen LogP contribution in [0.5, 0.6) is 0 Å². The van der Waals surface area contributed by atoms with E-state index in [4.69, 9.17) is 5.73 Å². The summed E-state index contributed by atoms with van der Waals surface area (Å²) in [6, 6.07) is 0. The summed E-state index contributed by atoms with van der Waals surface area (Å²) in [5.74, 6) is 0.763. The van der Waals surface area contributed by atoms with Gasteiger partial charge in [0.2, 0.25) is 5.91 Å². The quantitative estimate of drug-likeness (QED) is 0.634. The van der Waals surface area contributed by atoms with Crippen LogP contribution in [-0.4, -0.2) is 19.0 Å². The maximum Gasteiger partial charge on any atom is 0.233 e. The molecule has 92 valence electrons. The summed E-state index contributed by atoms with van der Waals surface area (Å²) < 4.78 is 0. The second kappa shape index (κ2) is 11.8. The van der Waals surface area contributed by atoms with Crippen molar-refractivity contribution >= 4 is 18.3 Å². The van der Waals surface area contributed by atoms with Crippen molar-refractivity contribution in [2.24, 2.45) is 11.7 Å². The van der Waals surface area contributed by atoms with Gasteiger partial charge in [-0.1, -0.05) is 39.5 Å². The number of halogens is 1. The van der Waals surface area contributed by atoms with E-state index in [-0.39, 0.29) is 24.9 Å². The molecule has 0 aromatic carbocycles. The minimum atomic E-state index is -0.0489. The van der Waals surface area contributed by atoms with Gasteiger partial charge in [-0.2, -0.15) is 0 Å². The zero-order chi connectivity index (χ0) is 10.8. The van der Waals surface area contributed by atoms with Crippen molar-refractivity contribution in [2.45, 2.75) is 46.0 Å². The highest BCUT2D eigenvalue weighted by molar-refractivity contribution is 5.85. The fourth-order valence-corrected chi connectivity index (χ4v) is 1.33. The van der Waals surface area contributed by atoms with Gasteiger partial charge in [0.1, 0.15) is 0 Å². The van der Waals surface area contributed by atoms with E-state index in [2.05, 4.69) is 19.2 Å². The van der Waals surface area contributed by atoms with Crippen LogP contribution < -0.4 is 11.1 Å². The topological polar surface area (TPSA) is 55.1 Å². The Morgan fingerprint density at radius 3 is 2.33 bits per heavy atom. The summed E-state index contributed by atoms with van der Waals surface area (Å²) in [6.07, 6.45) is 6.18. The average molecular weight is 237 g/mol. The lowest BCUT2D eigenvalue weighted by Crippen LogP contribution is -2.30. The summed E-state index contributed by atoms with van der Waals surface area (Å²) in [4.78, 5) is 10.8. The molecule has 0 aliphatic heterocycles. The number of amides is 1. The van der Waals surface area contributed by atoms with Crippen LogP contribution in [0.3, 0.4) is 0 Å². The minimum Gasteiger partial charge on any atom is -0.355 e. The van der Waals surface area contributed by atoms with E-state index in [9.17, 15) is 4.79 Å².